The van der Waals surface area contributed by atoms with E-state index in [2.05, 4.69) is 5.32 Å². The van der Waals surface area contributed by atoms with Gasteiger partial charge < -0.3 is 20.4 Å². The number of carboxylic acid groups (broad SMARTS) is 1. The summed E-state index contributed by atoms with van der Waals surface area (Å²) >= 11 is 0. The summed E-state index contributed by atoms with van der Waals surface area (Å²) in [6.07, 6.45) is 1.21. The maximum atomic E-state index is 13.7. The molecule has 0 aromatic heterocycles. The van der Waals surface area contributed by atoms with Crippen molar-refractivity contribution >= 4 is 17.7 Å². The van der Waals surface area contributed by atoms with Gasteiger partial charge in [-0.3, -0.25) is 0 Å². The number of nitrogens with zero attached hydrogens (tertiary/aromatic N) is 1. The van der Waals surface area contributed by atoms with Crippen LogP contribution in [0.3, 0.4) is 0 Å². The number of amides is 2. The lowest BCUT2D eigenvalue weighted by Crippen LogP contribution is -2.50. The van der Waals surface area contributed by atoms with E-state index in [1.165, 1.54) is 17.0 Å². The SMILES string of the molecule is CC1(O)CCCN(C(=O)Nc2c(F)cccc2C(=O)O)C1. The number of piperidine rings is 1. The van der Waals surface area contributed by atoms with Crippen molar-refractivity contribution in [3.05, 3.63) is 29.6 Å². The minimum Gasteiger partial charge on any atom is -0.478 e. The molecule has 1 unspecified atom stereocenters. The Labute approximate surface area is 121 Å². The Morgan fingerprint density at radius 2 is 2.14 bits per heavy atom. The molecule has 1 aliphatic heterocycles. The Balaban J connectivity index is 2.18. The molecule has 21 heavy (non-hydrogen) atoms. The predicted octanol–water partition coefficient (Wildman–Crippen LogP) is 1.90. The number of anilines is 1. The smallest absolute Gasteiger partial charge is 0.337 e. The molecule has 0 bridgehead atoms. The van der Waals surface area contributed by atoms with Crippen LogP contribution < -0.4 is 5.32 Å². The first kappa shape index (κ1) is 15.2. The number of benzene rings is 1. The number of hydrogen-bond acceptors (Lipinski definition) is 3. The summed E-state index contributed by atoms with van der Waals surface area (Å²) in [5.74, 6) is -2.14. The Bertz CT molecular complexity index is 574. The molecule has 1 fully saturated rings. The third kappa shape index (κ3) is 3.49. The van der Waals surface area contributed by atoms with E-state index >= 15 is 0 Å². The lowest BCUT2D eigenvalue weighted by molar-refractivity contribution is -0.000653. The molecule has 0 spiro atoms. The van der Waals surface area contributed by atoms with Crippen molar-refractivity contribution in [2.45, 2.75) is 25.4 Å². The number of likely N-dealkylation sites (tertiary alicyclic amines) is 1. The first-order valence-corrected chi connectivity index (χ1v) is 6.60. The van der Waals surface area contributed by atoms with Crippen LogP contribution in [0, 0.1) is 5.82 Å². The Hall–Kier alpha value is -2.15. The van der Waals surface area contributed by atoms with Crippen molar-refractivity contribution in [3.8, 4) is 0 Å². The van der Waals surface area contributed by atoms with Gasteiger partial charge in [-0.15, -0.1) is 0 Å². The average molecular weight is 296 g/mol. The van der Waals surface area contributed by atoms with Crippen molar-refractivity contribution in [1.29, 1.82) is 0 Å². The maximum absolute atomic E-state index is 13.7. The van der Waals surface area contributed by atoms with Gasteiger partial charge in [-0.25, -0.2) is 14.0 Å². The molecule has 0 aliphatic carbocycles. The summed E-state index contributed by atoms with van der Waals surface area (Å²) in [6.45, 7) is 2.17. The van der Waals surface area contributed by atoms with Gasteiger partial charge in [0.2, 0.25) is 0 Å². The zero-order valence-corrected chi connectivity index (χ0v) is 11.6. The Morgan fingerprint density at radius 3 is 2.76 bits per heavy atom. The summed E-state index contributed by atoms with van der Waals surface area (Å²) in [6, 6.07) is 2.93. The molecule has 1 saturated heterocycles. The molecule has 1 aromatic rings. The maximum Gasteiger partial charge on any atom is 0.337 e. The van der Waals surface area contributed by atoms with E-state index < -0.39 is 23.4 Å². The molecule has 0 saturated carbocycles. The normalized spacial score (nSPS) is 22.0. The molecule has 2 rings (SSSR count). The van der Waals surface area contributed by atoms with Crippen molar-refractivity contribution < 1.29 is 24.2 Å². The van der Waals surface area contributed by atoms with E-state index in [0.717, 1.165) is 6.07 Å². The molecular formula is C14H17FN2O4. The molecule has 114 valence electrons. The van der Waals surface area contributed by atoms with Crippen LogP contribution in [-0.4, -0.2) is 45.8 Å². The first-order valence-electron chi connectivity index (χ1n) is 6.60. The van der Waals surface area contributed by atoms with E-state index in [1.54, 1.807) is 6.92 Å². The van der Waals surface area contributed by atoms with Crippen molar-refractivity contribution in [3.63, 3.8) is 0 Å². The van der Waals surface area contributed by atoms with E-state index in [9.17, 15) is 19.1 Å². The molecular weight excluding hydrogens is 279 g/mol. The second kappa shape index (κ2) is 5.69. The van der Waals surface area contributed by atoms with Crippen molar-refractivity contribution in [2.75, 3.05) is 18.4 Å². The van der Waals surface area contributed by atoms with Gasteiger partial charge in [-0.1, -0.05) is 6.07 Å². The summed E-state index contributed by atoms with van der Waals surface area (Å²) in [5.41, 5.74) is -1.66. The number of halogens is 1. The van der Waals surface area contributed by atoms with Crippen LogP contribution >= 0.6 is 0 Å². The third-order valence-electron chi connectivity index (χ3n) is 3.44. The van der Waals surface area contributed by atoms with E-state index in [4.69, 9.17) is 5.11 Å². The van der Waals surface area contributed by atoms with Crippen LogP contribution in [0.2, 0.25) is 0 Å². The zero-order chi connectivity index (χ0) is 15.6. The highest BCUT2D eigenvalue weighted by Gasteiger charge is 2.31. The topological polar surface area (TPSA) is 89.9 Å². The fourth-order valence-corrected chi connectivity index (χ4v) is 2.41. The van der Waals surface area contributed by atoms with Crippen LogP contribution in [0.4, 0.5) is 14.9 Å². The molecule has 0 radical (unpaired) electrons. The van der Waals surface area contributed by atoms with Gasteiger partial charge in [-0.2, -0.15) is 0 Å². The highest BCUT2D eigenvalue weighted by molar-refractivity contribution is 6.00. The van der Waals surface area contributed by atoms with Crippen LogP contribution in [0.1, 0.15) is 30.1 Å². The summed E-state index contributed by atoms with van der Waals surface area (Å²) in [5, 5.41) is 21.3. The average Bonchev–Trinajstić information content (AvgIpc) is 2.39. The monoisotopic (exact) mass is 296 g/mol. The number of β-amino-alcohol motifs (C(OH)–C–C–N with tert-alkyl or cyclic N) is 1. The van der Waals surface area contributed by atoms with Crippen molar-refractivity contribution in [2.24, 2.45) is 0 Å². The van der Waals surface area contributed by atoms with Gasteiger partial charge >= 0.3 is 12.0 Å². The first-order chi connectivity index (χ1) is 9.80. The molecule has 1 aliphatic rings. The predicted molar refractivity (Wildman–Crippen MR) is 73.8 cm³/mol. The van der Waals surface area contributed by atoms with Gasteiger partial charge in [0.15, 0.2) is 0 Å². The minimum absolute atomic E-state index is 0.121. The lowest BCUT2D eigenvalue weighted by Gasteiger charge is -2.36. The molecule has 3 N–H and O–H groups in total. The fraction of sp³-hybridized carbons (Fsp3) is 0.429. The zero-order valence-electron chi connectivity index (χ0n) is 11.6. The number of aromatic carboxylic acids is 1. The molecule has 2 amide bonds. The highest BCUT2D eigenvalue weighted by Crippen LogP contribution is 2.23. The highest BCUT2D eigenvalue weighted by atomic mass is 19.1. The number of carboxylic acids is 1. The minimum atomic E-state index is -1.32. The van der Waals surface area contributed by atoms with Gasteiger partial charge in [0, 0.05) is 6.54 Å². The number of urea groups is 1. The third-order valence-corrected chi connectivity index (χ3v) is 3.44. The second-order valence-corrected chi connectivity index (χ2v) is 5.42. The summed E-state index contributed by atoms with van der Waals surface area (Å²) < 4.78 is 13.7. The number of nitrogens with one attached hydrogen (secondary N) is 1. The van der Waals surface area contributed by atoms with E-state index in [-0.39, 0.29) is 17.8 Å². The fourth-order valence-electron chi connectivity index (χ4n) is 2.41. The standard InChI is InChI=1S/C14H17FN2O4/c1-14(21)6-3-7-17(8-14)13(20)16-11-9(12(18)19)4-2-5-10(11)15/h2,4-5,21H,3,6-8H2,1H3,(H,16,20)(H,18,19). The van der Waals surface area contributed by atoms with Gasteiger partial charge in [0.1, 0.15) is 5.82 Å². The van der Waals surface area contributed by atoms with Crippen LogP contribution in [0.25, 0.3) is 0 Å². The number of aliphatic hydroxyl groups is 1. The summed E-state index contributed by atoms with van der Waals surface area (Å²) in [4.78, 5) is 24.5. The van der Waals surface area contributed by atoms with E-state index in [1.807, 2.05) is 0 Å². The summed E-state index contributed by atoms with van der Waals surface area (Å²) in [7, 11) is 0. The van der Waals surface area contributed by atoms with Gasteiger partial charge in [-0.05, 0) is 31.9 Å². The van der Waals surface area contributed by atoms with Gasteiger partial charge in [0.05, 0.1) is 23.4 Å². The number of hydrogen-bond donors (Lipinski definition) is 3. The van der Waals surface area contributed by atoms with Gasteiger partial charge in [0.25, 0.3) is 0 Å². The molecule has 7 heteroatoms. The number of carbonyl (C=O) groups is 2. The molecule has 1 heterocycles. The van der Waals surface area contributed by atoms with Crippen molar-refractivity contribution in [1.82, 2.24) is 4.90 Å². The van der Waals surface area contributed by atoms with Crippen LogP contribution in [0.15, 0.2) is 18.2 Å². The number of rotatable bonds is 2. The van der Waals surface area contributed by atoms with E-state index in [0.29, 0.717) is 19.4 Å². The number of para-hydroxylation sites is 1. The number of carbonyl (C=O) groups excluding carboxylic acids is 1. The lowest BCUT2D eigenvalue weighted by atomic mass is 9.95. The van der Waals surface area contributed by atoms with Crippen LogP contribution in [0.5, 0.6) is 0 Å². The Morgan fingerprint density at radius 1 is 1.43 bits per heavy atom. The molecule has 1 atom stereocenters. The Kier molecular flexibility index (Phi) is 4.13. The second-order valence-electron chi connectivity index (χ2n) is 5.42. The van der Waals surface area contributed by atoms with Crippen LogP contribution in [-0.2, 0) is 0 Å². The molecule has 6 nitrogen and oxygen atoms in total. The largest absolute Gasteiger partial charge is 0.478 e. The molecule has 1 aromatic carbocycles. The quantitative estimate of drug-likeness (QED) is 0.777.